The standard InChI is InChI=1S/C17H26N2O2/c1-14-7-9-15(10-8-14)19-17(20)13-18-11-12-21-16-5-3-2-4-6-16/h7-10,16,18H,2-6,11-13H2,1H3,(H,19,20). The molecule has 0 atom stereocenters. The maximum Gasteiger partial charge on any atom is 0.238 e. The molecule has 0 spiro atoms. The summed E-state index contributed by atoms with van der Waals surface area (Å²) in [5.74, 6) is -0.0171. The fraction of sp³-hybridized carbons (Fsp3) is 0.588. The number of nitrogens with one attached hydrogen (secondary N) is 2. The Labute approximate surface area is 127 Å². The second-order valence-corrected chi connectivity index (χ2v) is 5.72. The van der Waals surface area contributed by atoms with Gasteiger partial charge in [0, 0.05) is 12.2 Å². The predicted octanol–water partition coefficient (Wildman–Crippen LogP) is 2.87. The summed E-state index contributed by atoms with van der Waals surface area (Å²) in [5.41, 5.74) is 2.02. The molecule has 1 saturated carbocycles. The molecule has 2 rings (SSSR count). The Morgan fingerprint density at radius 2 is 1.90 bits per heavy atom. The van der Waals surface area contributed by atoms with E-state index >= 15 is 0 Å². The maximum absolute atomic E-state index is 11.7. The zero-order chi connectivity index (χ0) is 14.9. The molecular weight excluding hydrogens is 264 g/mol. The highest BCUT2D eigenvalue weighted by Gasteiger charge is 2.13. The van der Waals surface area contributed by atoms with E-state index in [1.807, 2.05) is 31.2 Å². The molecule has 0 aliphatic heterocycles. The highest BCUT2D eigenvalue weighted by atomic mass is 16.5. The van der Waals surface area contributed by atoms with Crippen LogP contribution in [0.1, 0.15) is 37.7 Å². The van der Waals surface area contributed by atoms with Crippen LogP contribution < -0.4 is 10.6 Å². The fourth-order valence-electron chi connectivity index (χ4n) is 2.57. The topological polar surface area (TPSA) is 50.4 Å². The molecule has 21 heavy (non-hydrogen) atoms. The lowest BCUT2D eigenvalue weighted by molar-refractivity contribution is -0.115. The third-order valence-corrected chi connectivity index (χ3v) is 3.81. The van der Waals surface area contributed by atoms with E-state index in [0.717, 1.165) is 12.2 Å². The monoisotopic (exact) mass is 290 g/mol. The number of aryl methyl sites for hydroxylation is 1. The molecule has 116 valence electrons. The summed E-state index contributed by atoms with van der Waals surface area (Å²) >= 11 is 0. The minimum absolute atomic E-state index is 0.0171. The van der Waals surface area contributed by atoms with Gasteiger partial charge in [0.15, 0.2) is 0 Å². The van der Waals surface area contributed by atoms with E-state index in [2.05, 4.69) is 10.6 Å². The van der Waals surface area contributed by atoms with E-state index in [1.54, 1.807) is 0 Å². The first-order valence-corrected chi connectivity index (χ1v) is 7.93. The number of carbonyl (C=O) groups is 1. The molecule has 1 fully saturated rings. The Morgan fingerprint density at radius 1 is 1.19 bits per heavy atom. The van der Waals surface area contributed by atoms with Crippen LogP contribution in [0.25, 0.3) is 0 Å². The highest BCUT2D eigenvalue weighted by Crippen LogP contribution is 2.19. The Balaban J connectivity index is 1.53. The molecule has 0 aromatic heterocycles. The number of ether oxygens (including phenoxy) is 1. The Kier molecular flexibility index (Phi) is 6.70. The molecule has 4 nitrogen and oxygen atoms in total. The lowest BCUT2D eigenvalue weighted by atomic mass is 9.98. The van der Waals surface area contributed by atoms with E-state index in [9.17, 15) is 4.79 Å². The number of amides is 1. The van der Waals surface area contributed by atoms with Gasteiger partial charge in [0.2, 0.25) is 5.91 Å². The van der Waals surface area contributed by atoms with Gasteiger partial charge in [-0.05, 0) is 31.9 Å². The smallest absolute Gasteiger partial charge is 0.238 e. The van der Waals surface area contributed by atoms with Crippen molar-refractivity contribution in [2.24, 2.45) is 0 Å². The van der Waals surface area contributed by atoms with Crippen molar-refractivity contribution in [1.82, 2.24) is 5.32 Å². The molecule has 1 aliphatic carbocycles. The van der Waals surface area contributed by atoms with Gasteiger partial charge in [-0.15, -0.1) is 0 Å². The normalized spacial score (nSPS) is 15.9. The molecule has 1 aromatic carbocycles. The summed E-state index contributed by atoms with van der Waals surface area (Å²) in [4.78, 5) is 11.7. The van der Waals surface area contributed by atoms with Gasteiger partial charge in [0.05, 0.1) is 19.3 Å². The van der Waals surface area contributed by atoms with E-state index < -0.39 is 0 Å². The van der Waals surface area contributed by atoms with Crippen molar-refractivity contribution in [3.63, 3.8) is 0 Å². The average Bonchev–Trinajstić information content (AvgIpc) is 2.50. The molecule has 2 N–H and O–H groups in total. The molecule has 0 heterocycles. The Morgan fingerprint density at radius 3 is 2.62 bits per heavy atom. The summed E-state index contributed by atoms with van der Waals surface area (Å²) in [6.07, 6.45) is 6.73. The minimum atomic E-state index is -0.0171. The van der Waals surface area contributed by atoms with E-state index in [1.165, 1.54) is 37.7 Å². The van der Waals surface area contributed by atoms with Crippen LogP contribution in [0.5, 0.6) is 0 Å². The first-order chi connectivity index (χ1) is 10.2. The predicted molar refractivity (Wildman–Crippen MR) is 85.5 cm³/mol. The van der Waals surface area contributed by atoms with Crippen LogP contribution in [0.15, 0.2) is 24.3 Å². The van der Waals surface area contributed by atoms with Crippen LogP contribution in [0.4, 0.5) is 5.69 Å². The van der Waals surface area contributed by atoms with Gasteiger partial charge >= 0.3 is 0 Å². The van der Waals surface area contributed by atoms with Gasteiger partial charge in [-0.3, -0.25) is 4.79 Å². The van der Waals surface area contributed by atoms with Gasteiger partial charge in [-0.25, -0.2) is 0 Å². The summed E-state index contributed by atoms with van der Waals surface area (Å²) < 4.78 is 5.80. The lowest BCUT2D eigenvalue weighted by Gasteiger charge is -2.21. The summed E-state index contributed by atoms with van der Waals surface area (Å²) in [6, 6.07) is 7.81. The van der Waals surface area contributed by atoms with Crippen molar-refractivity contribution in [2.45, 2.75) is 45.1 Å². The van der Waals surface area contributed by atoms with Gasteiger partial charge in [0.1, 0.15) is 0 Å². The van der Waals surface area contributed by atoms with Gasteiger partial charge in [-0.2, -0.15) is 0 Å². The largest absolute Gasteiger partial charge is 0.377 e. The van der Waals surface area contributed by atoms with E-state index in [0.29, 0.717) is 19.3 Å². The zero-order valence-electron chi connectivity index (χ0n) is 12.9. The molecule has 0 saturated heterocycles. The number of rotatable bonds is 7. The summed E-state index contributed by atoms with van der Waals surface area (Å²) in [6.45, 7) is 3.75. The SMILES string of the molecule is Cc1ccc(NC(=O)CNCCOC2CCCCC2)cc1. The number of anilines is 1. The van der Waals surface area contributed by atoms with Crippen LogP contribution in [-0.4, -0.2) is 31.7 Å². The van der Waals surface area contributed by atoms with Crippen molar-refractivity contribution in [3.05, 3.63) is 29.8 Å². The lowest BCUT2D eigenvalue weighted by Crippen LogP contribution is -2.31. The third-order valence-electron chi connectivity index (χ3n) is 3.81. The molecule has 0 bridgehead atoms. The van der Waals surface area contributed by atoms with Crippen LogP contribution in [-0.2, 0) is 9.53 Å². The zero-order valence-corrected chi connectivity index (χ0v) is 12.9. The minimum Gasteiger partial charge on any atom is -0.377 e. The first-order valence-electron chi connectivity index (χ1n) is 7.93. The third kappa shape index (κ3) is 6.27. The molecule has 0 radical (unpaired) electrons. The summed E-state index contributed by atoms with van der Waals surface area (Å²) in [5, 5.41) is 5.99. The van der Waals surface area contributed by atoms with Crippen molar-refractivity contribution in [3.8, 4) is 0 Å². The number of hydrogen-bond donors (Lipinski definition) is 2. The van der Waals surface area contributed by atoms with Crippen molar-refractivity contribution in [2.75, 3.05) is 25.0 Å². The number of carbonyl (C=O) groups excluding carboxylic acids is 1. The van der Waals surface area contributed by atoms with Crippen LogP contribution in [0.2, 0.25) is 0 Å². The van der Waals surface area contributed by atoms with Crippen molar-refractivity contribution < 1.29 is 9.53 Å². The van der Waals surface area contributed by atoms with Crippen LogP contribution >= 0.6 is 0 Å². The molecule has 4 heteroatoms. The first kappa shape index (κ1) is 16.0. The summed E-state index contributed by atoms with van der Waals surface area (Å²) in [7, 11) is 0. The second kappa shape index (κ2) is 8.80. The molecule has 1 aromatic rings. The Hall–Kier alpha value is -1.39. The molecular formula is C17H26N2O2. The molecule has 1 amide bonds. The van der Waals surface area contributed by atoms with Crippen molar-refractivity contribution >= 4 is 11.6 Å². The van der Waals surface area contributed by atoms with Gasteiger partial charge in [-0.1, -0.05) is 37.0 Å². The Bertz CT molecular complexity index is 425. The van der Waals surface area contributed by atoms with Gasteiger partial charge in [0.25, 0.3) is 0 Å². The molecule has 1 aliphatic rings. The maximum atomic E-state index is 11.7. The number of hydrogen-bond acceptors (Lipinski definition) is 3. The molecule has 0 unspecified atom stereocenters. The van der Waals surface area contributed by atoms with Crippen LogP contribution in [0.3, 0.4) is 0 Å². The second-order valence-electron chi connectivity index (χ2n) is 5.72. The van der Waals surface area contributed by atoms with E-state index in [4.69, 9.17) is 4.74 Å². The average molecular weight is 290 g/mol. The van der Waals surface area contributed by atoms with Gasteiger partial charge < -0.3 is 15.4 Å². The van der Waals surface area contributed by atoms with Crippen molar-refractivity contribution in [1.29, 1.82) is 0 Å². The number of benzene rings is 1. The van der Waals surface area contributed by atoms with Crippen LogP contribution in [0, 0.1) is 6.92 Å². The quantitative estimate of drug-likeness (QED) is 0.759. The van der Waals surface area contributed by atoms with E-state index in [-0.39, 0.29) is 5.91 Å². The highest BCUT2D eigenvalue weighted by molar-refractivity contribution is 5.92. The fourth-order valence-corrected chi connectivity index (χ4v) is 2.57.